The maximum absolute atomic E-state index is 14.2. The van der Waals surface area contributed by atoms with Crippen LogP contribution in [-0.4, -0.2) is 57.7 Å². The second-order valence-electron chi connectivity index (χ2n) is 15.5. The Labute approximate surface area is 324 Å². The van der Waals surface area contributed by atoms with Gasteiger partial charge in [0, 0.05) is 46.6 Å². The molecule has 0 spiro atoms. The minimum absolute atomic E-state index is 0.0679. The smallest absolute Gasteiger partial charge is 0.246 e. The van der Waals surface area contributed by atoms with Crippen LogP contribution in [0.4, 0.5) is 16.0 Å². The number of halogens is 3. The Morgan fingerprint density at radius 3 is 1.43 bits per heavy atom. The van der Waals surface area contributed by atoms with E-state index < -0.39 is 51.7 Å². The highest BCUT2D eigenvalue weighted by atomic mass is 79.9. The van der Waals surface area contributed by atoms with Gasteiger partial charge < -0.3 is 10.6 Å². The van der Waals surface area contributed by atoms with Crippen LogP contribution >= 0.6 is 27.5 Å². The van der Waals surface area contributed by atoms with Gasteiger partial charge in [0.15, 0.2) is 19.7 Å². The van der Waals surface area contributed by atoms with Gasteiger partial charge in [-0.1, -0.05) is 69.1 Å². The molecule has 0 radical (unpaired) electrons. The highest BCUT2D eigenvalue weighted by molar-refractivity contribution is 9.10. The molecule has 2 aromatic carbocycles. The highest BCUT2D eigenvalue weighted by Gasteiger charge is 2.45. The first-order valence-electron chi connectivity index (χ1n) is 16.4. The number of hydrogen-bond donors (Lipinski definition) is 2. The number of nitrogens with zero attached hydrogens (tertiary/aromatic N) is 4. The largest absolute Gasteiger partial charge is 0.310 e. The van der Waals surface area contributed by atoms with Gasteiger partial charge in [0.2, 0.25) is 11.8 Å². The summed E-state index contributed by atoms with van der Waals surface area (Å²) in [5, 5.41) is 14.1. The molecule has 2 aromatic heterocycles. The van der Waals surface area contributed by atoms with Crippen molar-refractivity contribution in [3.05, 3.63) is 81.3 Å². The maximum Gasteiger partial charge on any atom is 0.246 e. The van der Waals surface area contributed by atoms with Gasteiger partial charge in [-0.25, -0.2) is 21.2 Å². The van der Waals surface area contributed by atoms with Crippen LogP contribution < -0.4 is 10.6 Å². The number of carbonyl (C=O) groups is 2. The molecule has 0 aliphatic heterocycles. The van der Waals surface area contributed by atoms with E-state index in [-0.39, 0.29) is 20.7 Å². The average molecular weight is 858 g/mol. The summed E-state index contributed by atoms with van der Waals surface area (Å²) in [6.45, 7) is 17.2. The molecule has 4 rings (SSSR count). The number of aromatic nitrogens is 4. The van der Waals surface area contributed by atoms with Crippen molar-refractivity contribution >= 4 is 70.7 Å². The summed E-state index contributed by atoms with van der Waals surface area (Å²) in [5.74, 6) is -1.59. The van der Waals surface area contributed by atoms with E-state index in [0.29, 0.717) is 11.6 Å². The van der Waals surface area contributed by atoms with Crippen molar-refractivity contribution in [3.8, 4) is 0 Å². The van der Waals surface area contributed by atoms with E-state index in [9.17, 15) is 30.8 Å². The first kappa shape index (κ1) is 43.8. The lowest BCUT2D eigenvalue weighted by Gasteiger charge is -2.24. The number of benzene rings is 2. The molecule has 0 fully saturated rings. The molecule has 53 heavy (non-hydrogen) atoms. The Bertz CT molecular complexity index is 2240. The lowest BCUT2D eigenvalue weighted by molar-refractivity contribution is -0.118. The Morgan fingerprint density at radius 1 is 0.679 bits per heavy atom. The quantitative estimate of drug-likeness (QED) is 0.186. The molecule has 0 atom stereocenters. The molecule has 2 N–H and O–H groups in total. The van der Waals surface area contributed by atoms with Crippen molar-refractivity contribution < 1.29 is 30.8 Å². The molecule has 4 aromatic rings. The van der Waals surface area contributed by atoms with Gasteiger partial charge in [-0.15, -0.1) is 0 Å². The molecule has 12 nitrogen and oxygen atoms in total. The highest BCUT2D eigenvalue weighted by Crippen LogP contribution is 2.32. The number of nitrogens with one attached hydrogen (secondary N) is 2. The Balaban J connectivity index is 0.000000286. The molecule has 0 saturated heterocycles. The van der Waals surface area contributed by atoms with Crippen molar-refractivity contribution in [3.63, 3.8) is 0 Å². The summed E-state index contributed by atoms with van der Waals surface area (Å²) in [5.41, 5.74) is 1.13. The SMILES string of the molecule is Cn1nc(C(C)(C)C)cc1NC(=O)C(C)(C)S(=O)(=O)c1ccc(Br)cc1.Cn1nc(C(C)(C)C)cc1NC(=O)C(C)(C)S(=O)(=O)c1ccc(Cl)cc1F. The van der Waals surface area contributed by atoms with E-state index in [1.807, 2.05) is 41.5 Å². The number of hydrogen-bond acceptors (Lipinski definition) is 8. The zero-order valence-electron chi connectivity index (χ0n) is 31.9. The third-order valence-electron chi connectivity index (χ3n) is 8.52. The lowest BCUT2D eigenvalue weighted by Crippen LogP contribution is -2.45. The lowest BCUT2D eigenvalue weighted by atomic mass is 9.92. The number of sulfone groups is 2. The van der Waals surface area contributed by atoms with Crippen LogP contribution in [-0.2, 0) is 54.2 Å². The van der Waals surface area contributed by atoms with Crippen molar-refractivity contribution in [1.29, 1.82) is 0 Å². The molecular weight excluding hydrogens is 811 g/mol. The maximum atomic E-state index is 14.2. The Hall–Kier alpha value is -3.60. The number of rotatable bonds is 8. The minimum atomic E-state index is -4.32. The van der Waals surface area contributed by atoms with Crippen molar-refractivity contribution in [2.75, 3.05) is 10.6 Å². The Kier molecular flexibility index (Phi) is 12.6. The predicted molar refractivity (Wildman–Crippen MR) is 209 cm³/mol. The molecular formula is C36H47BrClFN6O6S2. The zero-order valence-corrected chi connectivity index (χ0v) is 35.9. The van der Waals surface area contributed by atoms with Gasteiger partial charge in [-0.3, -0.25) is 19.0 Å². The van der Waals surface area contributed by atoms with E-state index in [1.165, 1.54) is 50.6 Å². The molecule has 0 saturated carbocycles. The molecule has 17 heteroatoms. The minimum Gasteiger partial charge on any atom is -0.310 e. The van der Waals surface area contributed by atoms with Gasteiger partial charge in [-0.2, -0.15) is 10.2 Å². The standard InChI is InChI=1S/C18H24BrN3O3S.C18H23ClFN3O3S/c1-17(2,3)14-11-15(22(6)21-14)20-16(23)18(4,5)26(24,25)13-9-7-12(19)8-10-13;1-17(2,3)14-10-15(23(6)22-14)21-16(24)18(4,5)27(25,26)13-8-7-11(19)9-12(13)20/h7-11H,1-6H3,(H,20,23);7-10H,1-6H3,(H,21,24). The van der Waals surface area contributed by atoms with Crippen LogP contribution in [0.2, 0.25) is 5.02 Å². The number of carbonyl (C=O) groups excluding carboxylic acids is 2. The van der Waals surface area contributed by atoms with Gasteiger partial charge in [0.05, 0.1) is 16.3 Å². The fourth-order valence-corrected chi connectivity index (χ4v) is 7.77. The molecule has 2 amide bonds. The van der Waals surface area contributed by atoms with Crippen molar-refractivity contribution in [1.82, 2.24) is 19.6 Å². The zero-order chi connectivity index (χ0) is 40.7. The molecule has 0 unspecified atom stereocenters. The summed E-state index contributed by atoms with van der Waals surface area (Å²) in [7, 11) is -4.83. The summed E-state index contributed by atoms with van der Waals surface area (Å²) in [6, 6.07) is 12.9. The fraction of sp³-hybridized carbons (Fsp3) is 0.444. The summed E-state index contributed by atoms with van der Waals surface area (Å²) < 4.78 is 66.1. The third-order valence-corrected chi connectivity index (χ3v) is 14.1. The van der Waals surface area contributed by atoms with Gasteiger partial charge in [0.25, 0.3) is 0 Å². The van der Waals surface area contributed by atoms with Crippen LogP contribution in [0.1, 0.15) is 80.6 Å². The van der Waals surface area contributed by atoms with Gasteiger partial charge in [-0.05, 0) is 70.2 Å². The topological polar surface area (TPSA) is 162 Å². The van der Waals surface area contributed by atoms with E-state index in [0.717, 1.165) is 28.0 Å². The van der Waals surface area contributed by atoms with Crippen molar-refractivity contribution in [2.24, 2.45) is 14.1 Å². The number of aryl methyl sites for hydroxylation is 2. The molecule has 290 valence electrons. The van der Waals surface area contributed by atoms with Crippen molar-refractivity contribution in [2.45, 2.75) is 99.4 Å². The normalized spacial score (nSPS) is 12.9. The third kappa shape index (κ3) is 9.38. The van der Waals surface area contributed by atoms with E-state index in [4.69, 9.17) is 11.6 Å². The fourth-order valence-electron chi connectivity index (χ4n) is 4.56. The van der Waals surface area contributed by atoms with Crippen LogP contribution in [0.3, 0.4) is 0 Å². The summed E-state index contributed by atoms with van der Waals surface area (Å²) in [4.78, 5) is 25.1. The van der Waals surface area contributed by atoms with Gasteiger partial charge >= 0.3 is 0 Å². The number of anilines is 2. The van der Waals surface area contributed by atoms with Crippen LogP contribution in [0, 0.1) is 5.82 Å². The second-order valence-corrected chi connectivity index (χ2v) is 21.9. The van der Waals surface area contributed by atoms with E-state index in [1.54, 1.807) is 43.0 Å². The first-order chi connectivity index (χ1) is 23.9. The van der Waals surface area contributed by atoms with E-state index >= 15 is 0 Å². The van der Waals surface area contributed by atoms with Crippen LogP contribution in [0.15, 0.2) is 68.9 Å². The molecule has 0 aliphatic rings. The molecule has 2 heterocycles. The van der Waals surface area contributed by atoms with Crippen LogP contribution in [0.5, 0.6) is 0 Å². The van der Waals surface area contributed by atoms with Crippen LogP contribution in [0.25, 0.3) is 0 Å². The predicted octanol–water partition coefficient (Wildman–Crippen LogP) is 7.37. The molecule has 0 aliphatic carbocycles. The Morgan fingerprint density at radius 2 is 1.08 bits per heavy atom. The molecule has 0 bridgehead atoms. The monoisotopic (exact) mass is 856 g/mol. The summed E-state index contributed by atoms with van der Waals surface area (Å²) >= 11 is 8.96. The number of amides is 2. The second kappa shape index (κ2) is 15.3. The van der Waals surface area contributed by atoms with Gasteiger partial charge in [0.1, 0.15) is 31.8 Å². The van der Waals surface area contributed by atoms with E-state index in [2.05, 4.69) is 36.8 Å². The average Bonchev–Trinajstić information content (AvgIpc) is 3.59. The first-order valence-corrected chi connectivity index (χ1v) is 20.5. The summed E-state index contributed by atoms with van der Waals surface area (Å²) in [6.07, 6.45) is 0.